The summed E-state index contributed by atoms with van der Waals surface area (Å²) >= 11 is 0. The Morgan fingerprint density at radius 3 is 2.75 bits per heavy atom. The van der Waals surface area contributed by atoms with E-state index in [-0.39, 0.29) is 6.04 Å². The lowest BCUT2D eigenvalue weighted by atomic mass is 9.96. The summed E-state index contributed by atoms with van der Waals surface area (Å²) in [7, 11) is 0. The summed E-state index contributed by atoms with van der Waals surface area (Å²) in [6, 6.07) is 0.233. The van der Waals surface area contributed by atoms with Crippen LogP contribution >= 0.6 is 0 Å². The molecule has 1 fully saturated rings. The van der Waals surface area contributed by atoms with Gasteiger partial charge in [0.05, 0.1) is 0 Å². The zero-order valence-electron chi connectivity index (χ0n) is 8.11. The minimum absolute atomic E-state index is 0.233. The Morgan fingerprint density at radius 2 is 2.12 bits per heavy atom. The van der Waals surface area contributed by atoms with Gasteiger partial charge in [-0.25, -0.2) is 0 Å². The molecular formula is C7H15N. The highest BCUT2D eigenvalue weighted by Crippen LogP contribution is 2.16. The minimum Gasteiger partial charge on any atom is -0.317 e. The van der Waals surface area contributed by atoms with Crippen molar-refractivity contribution in [3.05, 3.63) is 0 Å². The third kappa shape index (κ3) is 1.48. The topological polar surface area (TPSA) is 12.0 Å². The van der Waals surface area contributed by atoms with Crippen LogP contribution in [0.25, 0.3) is 0 Å². The summed E-state index contributed by atoms with van der Waals surface area (Å²) in [5, 5.41) is 2.66. The molecule has 0 aromatic rings. The molecule has 0 aliphatic heterocycles. The lowest BCUT2D eigenvalue weighted by molar-refractivity contribution is 0.394. The Labute approximate surface area is 55.7 Å². The lowest BCUT2D eigenvalue weighted by Gasteiger charge is -2.20. The van der Waals surface area contributed by atoms with E-state index < -0.39 is 6.98 Å². The van der Waals surface area contributed by atoms with E-state index >= 15 is 0 Å². The molecule has 0 radical (unpaired) electrons. The van der Waals surface area contributed by atoms with Gasteiger partial charge in [-0.1, -0.05) is 19.3 Å². The van der Waals surface area contributed by atoms with Crippen LogP contribution in [-0.4, -0.2) is 13.0 Å². The maximum atomic E-state index is 6.99. The predicted molar refractivity (Wildman–Crippen MR) is 35.9 cm³/mol. The zero-order valence-corrected chi connectivity index (χ0v) is 5.11. The fraction of sp³-hybridized carbons (Fsp3) is 1.00. The fourth-order valence-corrected chi connectivity index (χ4v) is 1.25. The molecule has 0 atom stereocenters. The zero-order chi connectivity index (χ0) is 8.32. The highest BCUT2D eigenvalue weighted by molar-refractivity contribution is 4.68. The van der Waals surface area contributed by atoms with Crippen LogP contribution in [0.4, 0.5) is 0 Å². The first-order chi connectivity index (χ1) is 5.08. The largest absolute Gasteiger partial charge is 0.317 e. The summed E-state index contributed by atoms with van der Waals surface area (Å²) < 4.78 is 21.0. The molecule has 48 valence electrons. The average molecular weight is 116 g/mol. The van der Waals surface area contributed by atoms with Gasteiger partial charge in [0.2, 0.25) is 0 Å². The van der Waals surface area contributed by atoms with Gasteiger partial charge in [0.1, 0.15) is 0 Å². The predicted octanol–water partition coefficient (Wildman–Crippen LogP) is 1.54. The van der Waals surface area contributed by atoms with Gasteiger partial charge in [-0.05, 0) is 19.8 Å². The third-order valence-electron chi connectivity index (χ3n) is 1.81. The standard InChI is InChI=1S/C7H15N/c1-8-7-5-3-2-4-6-7/h7-8H,2-6H2,1H3/i1D3. The molecule has 8 heavy (non-hydrogen) atoms. The second-order valence-corrected chi connectivity index (χ2v) is 2.48. The molecule has 0 amide bonds. The van der Waals surface area contributed by atoms with Crippen molar-refractivity contribution in [2.75, 3.05) is 6.98 Å². The number of rotatable bonds is 1. The van der Waals surface area contributed by atoms with Gasteiger partial charge in [-0.2, -0.15) is 0 Å². The first-order valence-corrected chi connectivity index (χ1v) is 3.36. The molecule has 0 aromatic carbocycles. The number of hydrogen-bond donors (Lipinski definition) is 1. The van der Waals surface area contributed by atoms with Crippen LogP contribution in [0.15, 0.2) is 0 Å². The Kier molecular flexibility index (Phi) is 1.24. The van der Waals surface area contributed by atoms with Gasteiger partial charge in [-0.15, -0.1) is 0 Å². The Hall–Kier alpha value is -0.0400. The molecule has 1 nitrogen and oxygen atoms in total. The van der Waals surface area contributed by atoms with Crippen molar-refractivity contribution in [3.8, 4) is 0 Å². The van der Waals surface area contributed by atoms with Crippen molar-refractivity contribution >= 4 is 0 Å². The molecule has 1 rings (SSSR count). The summed E-state index contributed by atoms with van der Waals surface area (Å²) in [5.41, 5.74) is 0. The monoisotopic (exact) mass is 116 g/mol. The van der Waals surface area contributed by atoms with Gasteiger partial charge in [-0.3, -0.25) is 0 Å². The van der Waals surface area contributed by atoms with Crippen LogP contribution in [-0.2, 0) is 0 Å². The van der Waals surface area contributed by atoms with E-state index in [0.717, 1.165) is 12.8 Å². The second kappa shape index (κ2) is 3.08. The van der Waals surface area contributed by atoms with Crippen LogP contribution < -0.4 is 5.32 Å². The van der Waals surface area contributed by atoms with E-state index in [1.165, 1.54) is 19.3 Å². The first-order valence-electron chi connectivity index (χ1n) is 4.86. The van der Waals surface area contributed by atoms with E-state index in [9.17, 15) is 0 Å². The van der Waals surface area contributed by atoms with Crippen molar-refractivity contribution in [3.63, 3.8) is 0 Å². The van der Waals surface area contributed by atoms with E-state index in [0.29, 0.717) is 0 Å². The van der Waals surface area contributed by atoms with Gasteiger partial charge in [0.25, 0.3) is 0 Å². The van der Waals surface area contributed by atoms with Crippen LogP contribution in [0.3, 0.4) is 0 Å². The highest BCUT2D eigenvalue weighted by atomic mass is 14.9. The van der Waals surface area contributed by atoms with Crippen LogP contribution in [0.1, 0.15) is 36.2 Å². The molecule has 1 saturated carbocycles. The molecule has 1 aliphatic rings. The average Bonchev–Trinajstić information content (AvgIpc) is 1.85. The van der Waals surface area contributed by atoms with E-state index in [4.69, 9.17) is 4.11 Å². The molecular weight excluding hydrogens is 98.1 g/mol. The SMILES string of the molecule is [2H]C([2H])([2H])NC1CCCCC1. The molecule has 1 aliphatic carbocycles. The van der Waals surface area contributed by atoms with E-state index in [1.807, 2.05) is 0 Å². The minimum atomic E-state index is -1.94. The van der Waals surface area contributed by atoms with E-state index in [2.05, 4.69) is 5.32 Å². The van der Waals surface area contributed by atoms with Gasteiger partial charge < -0.3 is 5.32 Å². The summed E-state index contributed by atoms with van der Waals surface area (Å²) in [6.45, 7) is -1.94. The van der Waals surface area contributed by atoms with Crippen LogP contribution in [0, 0.1) is 0 Å². The Balaban J connectivity index is 2.24. The Bertz CT molecular complexity index is 115. The van der Waals surface area contributed by atoms with Crippen molar-refractivity contribution < 1.29 is 4.11 Å². The quantitative estimate of drug-likeness (QED) is 0.548. The molecule has 0 heterocycles. The van der Waals surface area contributed by atoms with Crippen molar-refractivity contribution in [2.45, 2.75) is 38.1 Å². The first kappa shape index (κ1) is 3.21. The van der Waals surface area contributed by atoms with Gasteiger partial charge in [0, 0.05) is 10.2 Å². The van der Waals surface area contributed by atoms with E-state index in [1.54, 1.807) is 0 Å². The van der Waals surface area contributed by atoms with Crippen molar-refractivity contribution in [2.24, 2.45) is 0 Å². The summed E-state index contributed by atoms with van der Waals surface area (Å²) in [5.74, 6) is 0. The second-order valence-electron chi connectivity index (χ2n) is 2.48. The highest BCUT2D eigenvalue weighted by Gasteiger charge is 2.09. The molecule has 0 spiro atoms. The third-order valence-corrected chi connectivity index (χ3v) is 1.81. The van der Waals surface area contributed by atoms with Gasteiger partial charge >= 0.3 is 0 Å². The molecule has 1 heteroatoms. The van der Waals surface area contributed by atoms with Crippen LogP contribution in [0.5, 0.6) is 0 Å². The molecule has 1 N–H and O–H groups in total. The smallest absolute Gasteiger partial charge is 0.0391 e. The van der Waals surface area contributed by atoms with Crippen molar-refractivity contribution in [1.29, 1.82) is 0 Å². The van der Waals surface area contributed by atoms with Crippen molar-refractivity contribution in [1.82, 2.24) is 5.32 Å². The normalized spacial score (nSPS) is 30.8. The molecule has 0 unspecified atom stereocenters. The maximum absolute atomic E-state index is 6.99. The maximum Gasteiger partial charge on any atom is 0.0391 e. The number of hydrogen-bond acceptors (Lipinski definition) is 1. The molecule has 0 bridgehead atoms. The molecule has 0 aromatic heterocycles. The fourth-order valence-electron chi connectivity index (χ4n) is 1.25. The van der Waals surface area contributed by atoms with Crippen LogP contribution in [0.2, 0.25) is 0 Å². The molecule has 0 saturated heterocycles. The summed E-state index contributed by atoms with van der Waals surface area (Å²) in [6.07, 6.45) is 5.66. The summed E-state index contributed by atoms with van der Waals surface area (Å²) in [4.78, 5) is 0. The number of nitrogens with one attached hydrogen (secondary N) is 1. The van der Waals surface area contributed by atoms with Gasteiger partial charge in [0.15, 0.2) is 0 Å². The lowest BCUT2D eigenvalue weighted by Crippen LogP contribution is -2.26. The Morgan fingerprint density at radius 1 is 1.38 bits per heavy atom.